The average molecular weight is 186 g/mol. The Bertz CT molecular complexity index is 531. The average Bonchev–Trinajstić information content (AvgIpc) is 2.20. The smallest absolute Gasteiger partial charge is 0.141 e. The zero-order valence-electron chi connectivity index (χ0n) is 7.12. The highest BCUT2D eigenvalue weighted by atomic mass is 16.3. The van der Waals surface area contributed by atoms with Gasteiger partial charge >= 0.3 is 0 Å². The number of aromatic hydroxyl groups is 1. The molecule has 14 heavy (non-hydrogen) atoms. The van der Waals surface area contributed by atoms with Crippen LogP contribution in [0.25, 0.3) is 21.3 Å². The molecular formula is C9H6N4O. The van der Waals surface area contributed by atoms with Crippen molar-refractivity contribution in [3.8, 4) is 5.75 Å². The number of phenolic OH excluding ortho intramolecular Hbond substituents is 1. The van der Waals surface area contributed by atoms with Crippen LogP contribution in [0.2, 0.25) is 0 Å². The first-order valence-electron chi connectivity index (χ1n) is 3.95. The SMILES string of the molecule is [N-]=[N+]=Nc1ccc2cccc(O)c2n1. The van der Waals surface area contributed by atoms with E-state index in [4.69, 9.17) is 5.53 Å². The molecule has 68 valence electrons. The van der Waals surface area contributed by atoms with Crippen LogP contribution in [0.3, 0.4) is 0 Å². The summed E-state index contributed by atoms with van der Waals surface area (Å²) < 4.78 is 0. The molecule has 0 amide bonds. The van der Waals surface area contributed by atoms with Crippen molar-refractivity contribution in [2.75, 3.05) is 0 Å². The van der Waals surface area contributed by atoms with Crippen molar-refractivity contribution in [2.24, 2.45) is 5.11 Å². The van der Waals surface area contributed by atoms with E-state index in [1.54, 1.807) is 18.2 Å². The van der Waals surface area contributed by atoms with E-state index in [9.17, 15) is 5.11 Å². The third kappa shape index (κ3) is 1.32. The molecule has 0 aliphatic heterocycles. The highest BCUT2D eigenvalue weighted by molar-refractivity contribution is 5.85. The molecule has 0 atom stereocenters. The quantitative estimate of drug-likeness (QED) is 0.422. The Morgan fingerprint density at radius 3 is 2.93 bits per heavy atom. The van der Waals surface area contributed by atoms with Crippen molar-refractivity contribution >= 4 is 16.7 Å². The second kappa shape index (κ2) is 3.24. The number of fused-ring (bicyclic) bond motifs is 1. The first-order valence-corrected chi connectivity index (χ1v) is 3.95. The summed E-state index contributed by atoms with van der Waals surface area (Å²) in [5.74, 6) is 0.332. The van der Waals surface area contributed by atoms with Gasteiger partial charge in [0.15, 0.2) is 0 Å². The van der Waals surface area contributed by atoms with Crippen LogP contribution in [-0.2, 0) is 0 Å². The van der Waals surface area contributed by atoms with Gasteiger partial charge in [0.2, 0.25) is 0 Å². The van der Waals surface area contributed by atoms with Gasteiger partial charge in [-0.05, 0) is 22.8 Å². The van der Waals surface area contributed by atoms with E-state index in [-0.39, 0.29) is 11.6 Å². The van der Waals surface area contributed by atoms with Crippen molar-refractivity contribution in [1.29, 1.82) is 0 Å². The number of rotatable bonds is 1. The Kier molecular flexibility index (Phi) is 1.93. The fourth-order valence-corrected chi connectivity index (χ4v) is 1.22. The molecule has 5 nitrogen and oxygen atoms in total. The van der Waals surface area contributed by atoms with Gasteiger partial charge in [0.05, 0.1) is 0 Å². The number of hydrogen-bond donors (Lipinski definition) is 1. The van der Waals surface area contributed by atoms with Gasteiger partial charge in [0.1, 0.15) is 17.1 Å². The number of pyridine rings is 1. The van der Waals surface area contributed by atoms with Gasteiger partial charge in [-0.2, -0.15) is 0 Å². The largest absolute Gasteiger partial charge is 0.506 e. The Hall–Kier alpha value is -2.26. The van der Waals surface area contributed by atoms with Crippen LogP contribution >= 0.6 is 0 Å². The minimum Gasteiger partial charge on any atom is -0.506 e. The third-order valence-electron chi connectivity index (χ3n) is 1.83. The third-order valence-corrected chi connectivity index (χ3v) is 1.83. The number of hydrogen-bond acceptors (Lipinski definition) is 3. The summed E-state index contributed by atoms with van der Waals surface area (Å²) in [6.45, 7) is 0. The Morgan fingerprint density at radius 1 is 1.29 bits per heavy atom. The van der Waals surface area contributed by atoms with Crippen LogP contribution in [0.4, 0.5) is 5.82 Å². The lowest BCUT2D eigenvalue weighted by Crippen LogP contribution is -1.78. The number of aromatic nitrogens is 1. The van der Waals surface area contributed by atoms with Gasteiger partial charge in [-0.25, -0.2) is 4.98 Å². The number of nitrogens with zero attached hydrogens (tertiary/aromatic N) is 4. The lowest BCUT2D eigenvalue weighted by Gasteiger charge is -1.99. The summed E-state index contributed by atoms with van der Waals surface area (Å²) in [6.07, 6.45) is 0. The molecule has 1 aromatic carbocycles. The van der Waals surface area contributed by atoms with E-state index >= 15 is 0 Å². The summed E-state index contributed by atoms with van der Waals surface area (Å²) in [6, 6.07) is 8.43. The molecule has 1 heterocycles. The van der Waals surface area contributed by atoms with Crippen LogP contribution in [0.15, 0.2) is 35.4 Å². The highest BCUT2D eigenvalue weighted by Gasteiger charge is 2.00. The van der Waals surface area contributed by atoms with Crippen molar-refractivity contribution < 1.29 is 5.11 Å². The summed E-state index contributed by atoms with van der Waals surface area (Å²) in [7, 11) is 0. The number of para-hydroxylation sites is 1. The van der Waals surface area contributed by atoms with E-state index in [0.29, 0.717) is 5.52 Å². The van der Waals surface area contributed by atoms with Crippen LogP contribution in [0, 0.1) is 0 Å². The number of benzene rings is 1. The number of azide groups is 1. The van der Waals surface area contributed by atoms with E-state index in [1.165, 1.54) is 6.07 Å². The molecule has 1 N–H and O–H groups in total. The number of phenols is 1. The maximum Gasteiger partial charge on any atom is 0.141 e. The van der Waals surface area contributed by atoms with Crippen LogP contribution in [-0.4, -0.2) is 10.1 Å². The molecule has 0 bridgehead atoms. The van der Waals surface area contributed by atoms with E-state index in [0.717, 1.165) is 5.39 Å². The van der Waals surface area contributed by atoms with E-state index < -0.39 is 0 Å². The Labute approximate surface area is 79.3 Å². The first kappa shape index (κ1) is 8.34. The topological polar surface area (TPSA) is 81.9 Å². The van der Waals surface area contributed by atoms with Gasteiger partial charge in [-0.1, -0.05) is 18.2 Å². The maximum atomic E-state index is 9.47. The summed E-state index contributed by atoms with van der Waals surface area (Å²) in [5.41, 5.74) is 8.66. The monoisotopic (exact) mass is 186 g/mol. The molecule has 0 unspecified atom stereocenters. The lowest BCUT2D eigenvalue weighted by atomic mass is 10.2. The van der Waals surface area contributed by atoms with Crippen molar-refractivity contribution in [1.82, 2.24) is 4.98 Å². The molecule has 0 spiro atoms. The molecule has 0 saturated carbocycles. The van der Waals surface area contributed by atoms with Crippen molar-refractivity contribution in [3.05, 3.63) is 40.8 Å². The second-order valence-corrected chi connectivity index (χ2v) is 2.71. The molecule has 0 fully saturated rings. The van der Waals surface area contributed by atoms with E-state index in [2.05, 4.69) is 15.0 Å². The van der Waals surface area contributed by atoms with Crippen LogP contribution < -0.4 is 0 Å². The first-order chi connectivity index (χ1) is 6.81. The van der Waals surface area contributed by atoms with Gasteiger partial charge in [0.25, 0.3) is 0 Å². The van der Waals surface area contributed by atoms with Crippen molar-refractivity contribution in [3.63, 3.8) is 0 Å². The van der Waals surface area contributed by atoms with Gasteiger partial charge in [-0.3, -0.25) is 0 Å². The molecule has 2 aromatic rings. The zero-order valence-corrected chi connectivity index (χ0v) is 7.12. The highest BCUT2D eigenvalue weighted by Crippen LogP contribution is 2.24. The fraction of sp³-hybridized carbons (Fsp3) is 0. The maximum absolute atomic E-state index is 9.47. The van der Waals surface area contributed by atoms with Crippen LogP contribution in [0.5, 0.6) is 5.75 Å². The second-order valence-electron chi connectivity index (χ2n) is 2.71. The molecule has 0 radical (unpaired) electrons. The summed E-state index contributed by atoms with van der Waals surface area (Å²) in [5, 5.41) is 13.6. The summed E-state index contributed by atoms with van der Waals surface area (Å²) >= 11 is 0. The summed E-state index contributed by atoms with van der Waals surface area (Å²) in [4.78, 5) is 6.62. The fourth-order valence-electron chi connectivity index (χ4n) is 1.22. The van der Waals surface area contributed by atoms with Crippen molar-refractivity contribution in [2.45, 2.75) is 0 Å². The molecule has 0 aliphatic rings. The normalized spacial score (nSPS) is 9.71. The standard InChI is InChI=1S/C9H6N4O/c10-13-12-8-5-4-6-2-1-3-7(14)9(6)11-8/h1-5,14H. The lowest BCUT2D eigenvalue weighted by molar-refractivity contribution is 0.480. The van der Waals surface area contributed by atoms with Crippen LogP contribution in [0.1, 0.15) is 0 Å². The Balaban J connectivity index is 2.75. The van der Waals surface area contributed by atoms with E-state index in [1.807, 2.05) is 6.07 Å². The molecule has 1 aromatic heterocycles. The predicted octanol–water partition coefficient (Wildman–Crippen LogP) is 2.88. The molecule has 2 rings (SSSR count). The van der Waals surface area contributed by atoms with Gasteiger partial charge in [-0.15, -0.1) is 0 Å². The molecule has 5 heteroatoms. The molecule has 0 aliphatic carbocycles. The molecular weight excluding hydrogens is 180 g/mol. The Morgan fingerprint density at radius 2 is 2.14 bits per heavy atom. The van der Waals surface area contributed by atoms with Gasteiger partial charge < -0.3 is 5.11 Å². The molecule has 0 saturated heterocycles. The van der Waals surface area contributed by atoms with Gasteiger partial charge in [0, 0.05) is 10.3 Å². The predicted molar refractivity (Wildman–Crippen MR) is 52.2 cm³/mol. The minimum atomic E-state index is 0.0810. The minimum absolute atomic E-state index is 0.0810. The zero-order chi connectivity index (χ0) is 9.97.